The maximum atomic E-state index is 12.7. The van der Waals surface area contributed by atoms with Crippen LogP contribution in [0.5, 0.6) is 0 Å². The molecule has 0 aromatic heterocycles. The number of hydrogen-bond donors (Lipinski definition) is 2. The number of carbonyl (C=O) groups is 2. The van der Waals surface area contributed by atoms with Crippen LogP contribution in [-0.4, -0.2) is 49.3 Å². The number of phosphoric ester groups is 1. The maximum Gasteiger partial charge on any atom is 0.472 e. The van der Waals surface area contributed by atoms with Gasteiger partial charge in [-0.3, -0.25) is 18.6 Å². The third kappa shape index (κ3) is 69.4. The van der Waals surface area contributed by atoms with E-state index in [9.17, 15) is 19.0 Å². The lowest BCUT2D eigenvalue weighted by molar-refractivity contribution is -0.161. The Morgan fingerprint density at radius 1 is 0.365 bits per heavy atom. The maximum absolute atomic E-state index is 12.7. The van der Waals surface area contributed by atoms with E-state index in [1.165, 1.54) is 193 Å². The molecule has 3 N–H and O–H groups in total. The Balaban J connectivity index is 3.95. The van der Waals surface area contributed by atoms with Crippen molar-refractivity contribution in [1.29, 1.82) is 0 Å². The summed E-state index contributed by atoms with van der Waals surface area (Å²) in [5.74, 6) is -0.895. The van der Waals surface area contributed by atoms with E-state index in [2.05, 4.69) is 129 Å². The van der Waals surface area contributed by atoms with Crippen molar-refractivity contribution in [3.63, 3.8) is 0 Å². The molecule has 0 rings (SSSR count). The first-order valence-electron chi connectivity index (χ1n) is 35.0. The molecule has 9 nitrogen and oxygen atoms in total. The molecule has 0 radical (unpaired) electrons. The number of unbranched alkanes of at least 4 members (excludes halogenated alkanes) is 32. The van der Waals surface area contributed by atoms with Crippen molar-refractivity contribution in [1.82, 2.24) is 0 Å². The second-order valence-electron chi connectivity index (χ2n) is 23.0. The fourth-order valence-electron chi connectivity index (χ4n) is 9.69. The summed E-state index contributed by atoms with van der Waals surface area (Å²) in [5.41, 5.74) is 5.39. The van der Waals surface area contributed by atoms with Crippen LogP contribution >= 0.6 is 7.82 Å². The van der Waals surface area contributed by atoms with Gasteiger partial charge < -0.3 is 20.1 Å². The topological polar surface area (TPSA) is 134 Å². The number of phosphoric acid groups is 1. The zero-order valence-electron chi connectivity index (χ0n) is 54.8. The Labute approximate surface area is 523 Å². The molecule has 0 spiro atoms. The molecule has 0 saturated carbocycles. The van der Waals surface area contributed by atoms with E-state index in [1.54, 1.807) is 0 Å². The van der Waals surface area contributed by atoms with Crippen LogP contribution in [-0.2, 0) is 32.7 Å². The first-order chi connectivity index (χ1) is 41.8. The molecule has 0 aromatic carbocycles. The number of esters is 2. The van der Waals surface area contributed by atoms with Gasteiger partial charge in [0.25, 0.3) is 0 Å². The van der Waals surface area contributed by atoms with Crippen LogP contribution in [0.1, 0.15) is 309 Å². The van der Waals surface area contributed by atoms with Gasteiger partial charge in [0.2, 0.25) is 0 Å². The molecule has 0 amide bonds. The van der Waals surface area contributed by atoms with Crippen molar-refractivity contribution in [2.24, 2.45) is 5.73 Å². The molecular formula is C75H130NO8P. The lowest BCUT2D eigenvalue weighted by Crippen LogP contribution is -2.29. The Hall–Kier alpha value is -3.59. The van der Waals surface area contributed by atoms with Gasteiger partial charge in [0.15, 0.2) is 6.10 Å². The summed E-state index contributed by atoms with van der Waals surface area (Å²) in [6.45, 7) is 3.59. The zero-order valence-corrected chi connectivity index (χ0v) is 55.7. The SMILES string of the molecule is CC/C=C\C/C=C\C/C=C\C/C=C\C/C=C\C/C=C\C/C=C\C/C=C\C/C=C\CCCC(=O)OC(COC(=O)CCCCCCCCCCCCCCCCCCCCCCCCC/C=C\CCCCCCCCCC)COP(=O)(O)OCCN. The molecule has 0 saturated heterocycles. The van der Waals surface area contributed by atoms with Gasteiger partial charge in [-0.05, 0) is 103 Å². The van der Waals surface area contributed by atoms with Gasteiger partial charge in [-0.2, -0.15) is 0 Å². The predicted molar refractivity (Wildman–Crippen MR) is 367 cm³/mol. The number of ether oxygens (including phenoxy) is 2. The lowest BCUT2D eigenvalue weighted by Gasteiger charge is -2.19. The first kappa shape index (κ1) is 81.4. The van der Waals surface area contributed by atoms with Gasteiger partial charge >= 0.3 is 19.8 Å². The molecule has 0 aliphatic rings. The van der Waals surface area contributed by atoms with Crippen LogP contribution < -0.4 is 5.73 Å². The van der Waals surface area contributed by atoms with E-state index in [4.69, 9.17) is 24.3 Å². The summed E-state index contributed by atoms with van der Waals surface area (Å²) in [6, 6.07) is 0. The Kier molecular flexibility index (Phi) is 66.6. The standard InChI is InChI=1S/C75H130NO8P/c1-3-5-7-9-11-13-15-17-19-21-23-25-27-29-31-33-34-35-36-37-38-40-41-43-45-47-49-51-53-55-57-59-61-63-65-67-74(77)81-71-73(72-83-85(79,80)82-70-69-76)84-75(78)68-66-64-62-60-58-56-54-52-50-48-46-44-42-39-32-30-28-26-24-22-20-18-16-14-12-10-8-6-4-2/h6,8,12,14,18,20-21,23-24,26,30,32,42,44,48,50,54,56,60,62,73H,3-5,7,9-11,13,15-17,19,22,25,27-29,31,33-41,43,45-47,49,51-53,55,57-59,61,63-72,76H2,1-2H3,(H,79,80)/b8-6-,14-12-,20-18-,23-21-,26-24-,32-30-,44-42-,50-48-,56-54-,62-60-. The third-order valence-electron chi connectivity index (χ3n) is 14.8. The molecule has 2 atom stereocenters. The van der Waals surface area contributed by atoms with Crippen molar-refractivity contribution < 1.29 is 37.6 Å². The monoisotopic (exact) mass is 1200 g/mol. The second-order valence-corrected chi connectivity index (χ2v) is 24.5. The van der Waals surface area contributed by atoms with Crippen molar-refractivity contribution in [2.45, 2.75) is 315 Å². The number of hydrogen-bond acceptors (Lipinski definition) is 8. The zero-order chi connectivity index (χ0) is 61.6. The normalized spacial score (nSPS) is 13.7. The van der Waals surface area contributed by atoms with Crippen LogP contribution in [0, 0.1) is 0 Å². The lowest BCUT2D eigenvalue weighted by atomic mass is 10.0. The van der Waals surface area contributed by atoms with Gasteiger partial charge in [-0.1, -0.05) is 315 Å². The van der Waals surface area contributed by atoms with E-state index in [1.807, 2.05) is 6.08 Å². The number of allylic oxidation sites excluding steroid dienone is 20. The molecular weight excluding hydrogens is 1070 g/mol. The highest BCUT2D eigenvalue weighted by Crippen LogP contribution is 2.43. The molecule has 0 heterocycles. The van der Waals surface area contributed by atoms with E-state index in [-0.39, 0.29) is 32.6 Å². The number of rotatable bonds is 65. The van der Waals surface area contributed by atoms with E-state index < -0.39 is 32.5 Å². The summed E-state index contributed by atoms with van der Waals surface area (Å²) in [6.07, 6.45) is 97.4. The van der Waals surface area contributed by atoms with Crippen molar-refractivity contribution >= 4 is 19.8 Å². The van der Waals surface area contributed by atoms with Gasteiger partial charge in [0, 0.05) is 19.4 Å². The summed E-state index contributed by atoms with van der Waals surface area (Å²) in [7, 11) is -4.42. The fraction of sp³-hybridized carbons (Fsp3) is 0.707. The Bertz CT molecular complexity index is 1810. The molecule has 0 aliphatic carbocycles. The highest BCUT2D eigenvalue weighted by molar-refractivity contribution is 7.47. The summed E-state index contributed by atoms with van der Waals surface area (Å²) < 4.78 is 33.1. The van der Waals surface area contributed by atoms with Crippen LogP contribution in [0.4, 0.5) is 0 Å². The summed E-state index contributed by atoms with van der Waals surface area (Å²) >= 11 is 0. The second kappa shape index (κ2) is 69.5. The predicted octanol–water partition coefficient (Wildman–Crippen LogP) is 23.1. The van der Waals surface area contributed by atoms with Gasteiger partial charge in [0.05, 0.1) is 13.2 Å². The van der Waals surface area contributed by atoms with Crippen LogP contribution in [0.15, 0.2) is 122 Å². The molecule has 0 aliphatic heterocycles. The van der Waals surface area contributed by atoms with Crippen LogP contribution in [0.25, 0.3) is 0 Å². The van der Waals surface area contributed by atoms with E-state index in [0.717, 1.165) is 77.0 Å². The fourth-order valence-corrected chi connectivity index (χ4v) is 10.5. The molecule has 0 bridgehead atoms. The number of nitrogens with two attached hydrogens (primary N) is 1. The smallest absolute Gasteiger partial charge is 0.462 e. The highest BCUT2D eigenvalue weighted by Gasteiger charge is 2.26. The molecule has 0 aromatic rings. The first-order valence-corrected chi connectivity index (χ1v) is 36.5. The molecule has 0 fully saturated rings. The molecule has 85 heavy (non-hydrogen) atoms. The minimum atomic E-state index is -4.42. The van der Waals surface area contributed by atoms with E-state index in [0.29, 0.717) is 12.8 Å². The van der Waals surface area contributed by atoms with Crippen molar-refractivity contribution in [3.05, 3.63) is 122 Å². The summed E-state index contributed by atoms with van der Waals surface area (Å²) in [4.78, 5) is 35.3. The Morgan fingerprint density at radius 2 is 0.659 bits per heavy atom. The highest BCUT2D eigenvalue weighted by atomic mass is 31.2. The third-order valence-corrected chi connectivity index (χ3v) is 15.8. The van der Waals surface area contributed by atoms with Crippen LogP contribution in [0.2, 0.25) is 0 Å². The average molecular weight is 1200 g/mol. The van der Waals surface area contributed by atoms with Crippen molar-refractivity contribution in [3.8, 4) is 0 Å². The average Bonchev–Trinajstić information content (AvgIpc) is 3.52. The minimum absolute atomic E-state index is 0.0390. The van der Waals surface area contributed by atoms with Gasteiger partial charge in [-0.15, -0.1) is 0 Å². The molecule has 488 valence electrons. The largest absolute Gasteiger partial charge is 0.472 e. The van der Waals surface area contributed by atoms with Gasteiger partial charge in [-0.25, -0.2) is 4.57 Å². The Morgan fingerprint density at radius 3 is 1.01 bits per heavy atom. The van der Waals surface area contributed by atoms with E-state index >= 15 is 0 Å². The van der Waals surface area contributed by atoms with Gasteiger partial charge in [0.1, 0.15) is 6.61 Å². The van der Waals surface area contributed by atoms with Crippen LogP contribution in [0.3, 0.4) is 0 Å². The minimum Gasteiger partial charge on any atom is -0.462 e. The summed E-state index contributed by atoms with van der Waals surface area (Å²) in [5, 5.41) is 0. The molecule has 2 unspecified atom stereocenters. The molecule has 10 heteroatoms. The quantitative estimate of drug-likeness (QED) is 0.0264. The number of carbonyl (C=O) groups excluding carboxylic acids is 2. The van der Waals surface area contributed by atoms with Crippen molar-refractivity contribution in [2.75, 3.05) is 26.4 Å².